The van der Waals surface area contributed by atoms with Crippen molar-refractivity contribution in [2.45, 2.75) is 70.8 Å². The van der Waals surface area contributed by atoms with Crippen molar-refractivity contribution in [3.63, 3.8) is 0 Å². The lowest BCUT2D eigenvalue weighted by Gasteiger charge is -2.42. The van der Waals surface area contributed by atoms with Gasteiger partial charge in [-0.1, -0.05) is 30.3 Å². The molecule has 0 atom stereocenters. The zero-order valence-corrected chi connectivity index (χ0v) is 24.6. The van der Waals surface area contributed by atoms with E-state index >= 15 is 4.39 Å². The Kier molecular flexibility index (Phi) is 8.83. The molecule has 1 amide bonds. The van der Waals surface area contributed by atoms with Crippen LogP contribution in [0.3, 0.4) is 0 Å². The molecule has 2 saturated heterocycles. The Labute approximate surface area is 242 Å². The van der Waals surface area contributed by atoms with Gasteiger partial charge in [-0.3, -0.25) is 14.9 Å². The summed E-state index contributed by atoms with van der Waals surface area (Å²) in [5, 5.41) is 10.1. The number of carbonyl (C=O) groups excluding carboxylic acids is 1. The van der Waals surface area contributed by atoms with Crippen LogP contribution in [-0.2, 0) is 13.0 Å². The van der Waals surface area contributed by atoms with E-state index in [2.05, 4.69) is 45.6 Å². The van der Waals surface area contributed by atoms with Gasteiger partial charge in [0.2, 0.25) is 0 Å². The van der Waals surface area contributed by atoms with Crippen LogP contribution in [0, 0.1) is 12.8 Å². The molecule has 3 heterocycles. The number of halogens is 2. The van der Waals surface area contributed by atoms with E-state index in [-0.39, 0.29) is 0 Å². The van der Waals surface area contributed by atoms with Crippen LogP contribution in [-0.4, -0.2) is 76.1 Å². The number of nitrogens with one attached hydrogen (secondary N) is 1. The fraction of sp³-hybridized carbons (Fsp3) is 0.545. The maximum Gasteiger partial charge on any atom is 0.274 e. The Bertz CT molecular complexity index is 1330. The van der Waals surface area contributed by atoms with Gasteiger partial charge in [-0.25, -0.2) is 14.3 Å². The summed E-state index contributed by atoms with van der Waals surface area (Å²) in [6.07, 6.45) is 3.83. The molecule has 2 fully saturated rings. The van der Waals surface area contributed by atoms with E-state index in [1.54, 1.807) is 31.5 Å². The topological polar surface area (TPSA) is 60.7 Å². The van der Waals surface area contributed by atoms with E-state index < -0.39 is 17.2 Å². The number of hydroxylamine groups is 1. The van der Waals surface area contributed by atoms with Gasteiger partial charge in [0, 0.05) is 54.9 Å². The van der Waals surface area contributed by atoms with E-state index in [4.69, 9.17) is 5.21 Å². The molecule has 3 aromatic rings. The van der Waals surface area contributed by atoms with Crippen molar-refractivity contribution in [1.29, 1.82) is 0 Å². The van der Waals surface area contributed by atoms with Gasteiger partial charge in [0.05, 0.1) is 0 Å². The molecule has 0 aliphatic carbocycles. The van der Waals surface area contributed by atoms with Crippen LogP contribution in [0.1, 0.15) is 66.7 Å². The lowest BCUT2D eigenvalue weighted by molar-refractivity contribution is 0.00157. The number of benzene rings is 2. The highest BCUT2D eigenvalue weighted by molar-refractivity contribution is 5.93. The average Bonchev–Trinajstić information content (AvgIpc) is 3.20. The SMILES string of the molecule is Cc1c(Cc2ccc(C(=O)NO)cc2)c2ccccc2n1CC1CCN(CC2(F)CCN(CC(C)(C)F)CC2)CC1. The maximum absolute atomic E-state index is 15.7. The molecule has 222 valence electrons. The van der Waals surface area contributed by atoms with Crippen LogP contribution in [0.4, 0.5) is 8.78 Å². The summed E-state index contributed by atoms with van der Waals surface area (Å²) in [4.78, 5) is 16.1. The lowest BCUT2D eigenvalue weighted by Crippen LogP contribution is -2.51. The number of amides is 1. The Morgan fingerprint density at radius 2 is 1.68 bits per heavy atom. The number of para-hydroxylation sites is 1. The van der Waals surface area contributed by atoms with Crippen LogP contribution in [0.5, 0.6) is 0 Å². The summed E-state index contributed by atoms with van der Waals surface area (Å²) < 4.78 is 32.2. The molecule has 41 heavy (non-hydrogen) atoms. The minimum Gasteiger partial charge on any atom is -0.344 e. The predicted octanol–water partition coefficient (Wildman–Crippen LogP) is 5.92. The number of carbonyl (C=O) groups is 1. The van der Waals surface area contributed by atoms with Crippen LogP contribution < -0.4 is 5.48 Å². The van der Waals surface area contributed by atoms with Crippen molar-refractivity contribution in [2.75, 3.05) is 39.3 Å². The van der Waals surface area contributed by atoms with Gasteiger partial charge in [0.1, 0.15) is 11.3 Å². The molecule has 5 rings (SSSR count). The zero-order chi connectivity index (χ0) is 29.2. The second kappa shape index (κ2) is 12.2. The molecule has 6 nitrogen and oxygen atoms in total. The molecule has 0 radical (unpaired) electrons. The Balaban J connectivity index is 1.20. The van der Waals surface area contributed by atoms with Gasteiger partial charge in [-0.2, -0.15) is 0 Å². The molecule has 2 N–H and O–H groups in total. The van der Waals surface area contributed by atoms with E-state index in [0.29, 0.717) is 50.5 Å². The minimum atomic E-state index is -1.24. The predicted molar refractivity (Wildman–Crippen MR) is 159 cm³/mol. The monoisotopic (exact) mass is 566 g/mol. The van der Waals surface area contributed by atoms with Gasteiger partial charge < -0.3 is 9.47 Å². The molecule has 0 unspecified atom stereocenters. The molecule has 2 aromatic carbocycles. The van der Waals surface area contributed by atoms with E-state index in [1.165, 1.54) is 22.2 Å². The number of hydrogen-bond donors (Lipinski definition) is 2. The molecule has 0 saturated carbocycles. The summed E-state index contributed by atoms with van der Waals surface area (Å²) >= 11 is 0. The van der Waals surface area contributed by atoms with Gasteiger partial charge in [0.15, 0.2) is 0 Å². The Morgan fingerprint density at radius 1 is 1.02 bits per heavy atom. The number of nitrogens with zero attached hydrogens (tertiary/aromatic N) is 3. The largest absolute Gasteiger partial charge is 0.344 e. The number of fused-ring (bicyclic) bond motifs is 1. The fourth-order valence-electron chi connectivity index (χ4n) is 6.79. The summed E-state index contributed by atoms with van der Waals surface area (Å²) in [6, 6.07) is 15.9. The van der Waals surface area contributed by atoms with Crippen LogP contribution in [0.15, 0.2) is 48.5 Å². The molecule has 8 heteroatoms. The minimum absolute atomic E-state index is 0.374. The highest BCUT2D eigenvalue weighted by Gasteiger charge is 2.38. The van der Waals surface area contributed by atoms with Crippen molar-refractivity contribution in [1.82, 2.24) is 19.8 Å². The normalized spacial score (nSPS) is 19.1. The molecule has 2 aliphatic rings. The highest BCUT2D eigenvalue weighted by atomic mass is 19.1. The third-order valence-electron chi connectivity index (χ3n) is 9.07. The van der Waals surface area contributed by atoms with Crippen LogP contribution in [0.25, 0.3) is 10.9 Å². The second-order valence-electron chi connectivity index (χ2n) is 12.9. The summed E-state index contributed by atoms with van der Waals surface area (Å²) in [5.74, 6) is 0.0224. The van der Waals surface area contributed by atoms with Crippen LogP contribution in [0.2, 0.25) is 0 Å². The number of hydrogen-bond acceptors (Lipinski definition) is 4. The molecule has 0 spiro atoms. The standard InChI is InChI=1S/C33H44F2N4O2/c1-24-29(20-25-8-10-27(11-9-25)31(40)36-41)28-6-4-5-7-30(28)39(24)21-26-12-16-37(17-13-26)23-33(35)14-18-38(19-15-33)22-32(2,3)34/h4-11,26,41H,12-23H2,1-3H3,(H,36,40). The molecular formula is C33H44F2N4O2. The first-order valence-corrected chi connectivity index (χ1v) is 15.0. The number of piperidine rings is 2. The van der Waals surface area contributed by atoms with E-state index in [0.717, 1.165) is 44.5 Å². The summed E-state index contributed by atoms with van der Waals surface area (Å²) in [7, 11) is 0. The van der Waals surface area contributed by atoms with Crippen molar-refractivity contribution >= 4 is 16.8 Å². The fourth-order valence-corrected chi connectivity index (χ4v) is 6.79. The van der Waals surface area contributed by atoms with Gasteiger partial charge in [0.25, 0.3) is 5.91 Å². The summed E-state index contributed by atoms with van der Waals surface area (Å²) in [6.45, 7) is 10.3. The number of rotatable bonds is 9. The molecular weight excluding hydrogens is 522 g/mol. The first kappa shape index (κ1) is 29.7. The molecule has 2 aliphatic heterocycles. The smallest absolute Gasteiger partial charge is 0.274 e. The van der Waals surface area contributed by atoms with Crippen molar-refractivity contribution < 1.29 is 18.8 Å². The van der Waals surface area contributed by atoms with Crippen LogP contribution >= 0.6 is 0 Å². The highest BCUT2D eigenvalue weighted by Crippen LogP contribution is 2.33. The first-order chi connectivity index (χ1) is 19.5. The number of alkyl halides is 2. The quantitative estimate of drug-likeness (QED) is 0.249. The van der Waals surface area contributed by atoms with Gasteiger partial charge in [-0.05, 0) is 101 Å². The molecule has 1 aromatic heterocycles. The van der Waals surface area contributed by atoms with Gasteiger partial charge in [-0.15, -0.1) is 0 Å². The summed E-state index contributed by atoms with van der Waals surface area (Å²) in [5.41, 5.74) is 4.59. The third kappa shape index (κ3) is 7.16. The third-order valence-corrected chi connectivity index (χ3v) is 9.07. The van der Waals surface area contributed by atoms with Crippen molar-refractivity contribution in [3.8, 4) is 0 Å². The average molecular weight is 567 g/mol. The van der Waals surface area contributed by atoms with Gasteiger partial charge >= 0.3 is 0 Å². The Morgan fingerprint density at radius 3 is 2.32 bits per heavy atom. The zero-order valence-electron chi connectivity index (χ0n) is 24.6. The first-order valence-electron chi connectivity index (χ1n) is 15.0. The Hall–Kier alpha value is -2.81. The van der Waals surface area contributed by atoms with E-state index in [1.807, 2.05) is 12.1 Å². The second-order valence-corrected chi connectivity index (χ2v) is 12.9. The van der Waals surface area contributed by atoms with Crippen molar-refractivity contribution in [3.05, 3.63) is 70.9 Å². The lowest BCUT2D eigenvalue weighted by atomic mass is 9.90. The maximum atomic E-state index is 15.7. The number of likely N-dealkylation sites (tertiary alicyclic amines) is 2. The van der Waals surface area contributed by atoms with E-state index in [9.17, 15) is 9.18 Å². The number of aromatic nitrogens is 1. The molecule has 0 bridgehead atoms. The van der Waals surface area contributed by atoms with Crippen molar-refractivity contribution in [2.24, 2.45) is 5.92 Å².